The highest BCUT2D eigenvalue weighted by atomic mass is 16.5. The largest absolute Gasteiger partial charge is 0.480 e. The summed E-state index contributed by atoms with van der Waals surface area (Å²) in [7, 11) is 1.79. The zero-order chi connectivity index (χ0) is 35.7. The fraction of sp³-hybridized carbons (Fsp3) is 0.718. The van der Waals surface area contributed by atoms with E-state index in [2.05, 4.69) is 24.1 Å². The van der Waals surface area contributed by atoms with E-state index in [9.17, 15) is 29.4 Å². The highest BCUT2D eigenvalue weighted by Crippen LogP contribution is 2.70. The van der Waals surface area contributed by atoms with Crippen LogP contribution in [0.25, 0.3) is 0 Å². The number of ether oxygens (including phenoxy) is 1. The van der Waals surface area contributed by atoms with Crippen molar-refractivity contribution < 1.29 is 33.8 Å². The molecule has 6 rings (SSSR count). The Morgan fingerprint density at radius 1 is 1.02 bits per heavy atom. The zero-order valence-corrected chi connectivity index (χ0v) is 29.9. The van der Waals surface area contributed by atoms with Gasteiger partial charge in [0, 0.05) is 49.7 Å². The molecule has 9 atom stereocenters. The molecule has 0 unspecified atom stereocenters. The van der Waals surface area contributed by atoms with Crippen LogP contribution in [0, 0.1) is 28.6 Å². The first-order valence-corrected chi connectivity index (χ1v) is 18.8. The number of unbranched alkanes of at least 4 members (excludes halogenated alkanes) is 3. The molecule has 3 N–H and O–H groups in total. The Bertz CT molecular complexity index is 1580. The first-order chi connectivity index (χ1) is 23.8. The normalized spacial score (nSPS) is 33.8. The Hall–Kier alpha value is -3.47. The number of fused-ring (bicyclic) bond motifs is 5. The van der Waals surface area contributed by atoms with Gasteiger partial charge in [-0.25, -0.2) is 14.6 Å². The Morgan fingerprint density at radius 3 is 2.50 bits per heavy atom. The molecule has 2 heterocycles. The number of amides is 1. The van der Waals surface area contributed by atoms with Gasteiger partial charge in [-0.15, -0.1) is 0 Å². The summed E-state index contributed by atoms with van der Waals surface area (Å²) in [5.74, 6) is -0.169. The molecule has 11 nitrogen and oxygen atoms in total. The fourth-order valence-electron chi connectivity index (χ4n) is 10.8. The van der Waals surface area contributed by atoms with Crippen LogP contribution in [0.1, 0.15) is 127 Å². The standard InChI is InChI=1S/C39H55N3O8/c1-37-17-14-28(50-35(45)9-7-5-4-6-8-33(43)41-32(36(46)47)21-27-22-40-24-42(27)3)20-26(37)11-12-31-30(37)15-18-38(2)29(16-19-39(31,38)48)25-10-13-34(44)49-23-25/h10,13,22-24,26,28-32,48H,4-9,11-12,14-21H2,1-3H3,(H,41,43)(H,46,47)/t26-,28+,29-,30+,31-,32+,37+,38-,39+/m1/s1. The maximum atomic E-state index is 12.8. The van der Waals surface area contributed by atoms with Crippen molar-refractivity contribution in [3.05, 3.63) is 52.6 Å². The molecule has 0 aliphatic heterocycles. The van der Waals surface area contributed by atoms with E-state index >= 15 is 0 Å². The fourth-order valence-corrected chi connectivity index (χ4v) is 10.8. The van der Waals surface area contributed by atoms with Crippen molar-refractivity contribution in [1.82, 2.24) is 14.9 Å². The number of nitrogens with one attached hydrogen (secondary N) is 1. The van der Waals surface area contributed by atoms with E-state index in [1.165, 1.54) is 6.07 Å². The number of esters is 1. The van der Waals surface area contributed by atoms with Crippen LogP contribution in [0.2, 0.25) is 0 Å². The van der Waals surface area contributed by atoms with E-state index in [0.717, 1.165) is 81.9 Å². The number of carboxylic acid groups (broad SMARTS) is 1. The molecule has 0 spiro atoms. The van der Waals surface area contributed by atoms with Crippen molar-refractivity contribution in [2.45, 2.75) is 140 Å². The topological polar surface area (TPSA) is 161 Å². The van der Waals surface area contributed by atoms with Gasteiger partial charge in [0.25, 0.3) is 0 Å². The summed E-state index contributed by atoms with van der Waals surface area (Å²) in [4.78, 5) is 52.5. The van der Waals surface area contributed by atoms with Crippen molar-refractivity contribution in [3.8, 4) is 0 Å². The van der Waals surface area contributed by atoms with Crippen LogP contribution in [0.15, 0.2) is 40.1 Å². The van der Waals surface area contributed by atoms with Crippen LogP contribution in [-0.4, -0.2) is 55.4 Å². The number of hydrogen-bond donors (Lipinski definition) is 3. The van der Waals surface area contributed by atoms with Crippen molar-refractivity contribution in [2.24, 2.45) is 35.6 Å². The second kappa shape index (κ2) is 14.6. The molecule has 50 heavy (non-hydrogen) atoms. The number of carbonyl (C=O) groups excluding carboxylic acids is 2. The van der Waals surface area contributed by atoms with Crippen molar-refractivity contribution in [1.29, 1.82) is 0 Å². The van der Waals surface area contributed by atoms with Gasteiger partial charge in [-0.3, -0.25) is 9.59 Å². The summed E-state index contributed by atoms with van der Waals surface area (Å²) < 4.78 is 13.0. The van der Waals surface area contributed by atoms with Crippen LogP contribution in [0.4, 0.5) is 0 Å². The van der Waals surface area contributed by atoms with E-state index in [4.69, 9.17) is 9.15 Å². The highest BCUT2D eigenvalue weighted by molar-refractivity contribution is 5.83. The molecule has 274 valence electrons. The lowest BCUT2D eigenvalue weighted by Gasteiger charge is -2.63. The number of rotatable bonds is 13. The molecule has 0 bridgehead atoms. The second-order valence-electron chi connectivity index (χ2n) is 16.3. The van der Waals surface area contributed by atoms with Crippen LogP contribution in [-0.2, 0) is 32.6 Å². The third-order valence-electron chi connectivity index (χ3n) is 13.7. The van der Waals surface area contributed by atoms with Gasteiger partial charge in [-0.1, -0.05) is 26.7 Å². The van der Waals surface area contributed by atoms with Crippen LogP contribution in [0.3, 0.4) is 0 Å². The molecule has 0 radical (unpaired) electrons. The number of carbonyl (C=O) groups is 3. The van der Waals surface area contributed by atoms with Crippen LogP contribution < -0.4 is 10.9 Å². The van der Waals surface area contributed by atoms with Gasteiger partial charge >= 0.3 is 17.6 Å². The van der Waals surface area contributed by atoms with Gasteiger partial charge in [0.15, 0.2) is 0 Å². The minimum atomic E-state index is -1.08. The summed E-state index contributed by atoms with van der Waals surface area (Å²) in [6, 6.07) is 2.38. The molecule has 4 fully saturated rings. The molecular formula is C39H55N3O8. The van der Waals surface area contributed by atoms with E-state index in [1.54, 1.807) is 30.4 Å². The highest BCUT2D eigenvalue weighted by Gasteiger charge is 2.67. The van der Waals surface area contributed by atoms with Gasteiger partial charge in [0.2, 0.25) is 5.91 Å². The van der Waals surface area contributed by atoms with E-state index in [0.29, 0.717) is 31.1 Å². The number of carboxylic acids is 1. The van der Waals surface area contributed by atoms with Gasteiger partial charge in [-0.05, 0) is 111 Å². The van der Waals surface area contributed by atoms with Crippen molar-refractivity contribution >= 4 is 17.8 Å². The van der Waals surface area contributed by atoms with Gasteiger partial charge in [0.1, 0.15) is 12.1 Å². The lowest BCUT2D eigenvalue weighted by atomic mass is 9.43. The first kappa shape index (κ1) is 36.3. The summed E-state index contributed by atoms with van der Waals surface area (Å²) in [5, 5.41) is 24.6. The van der Waals surface area contributed by atoms with Crippen molar-refractivity contribution in [3.63, 3.8) is 0 Å². The van der Waals surface area contributed by atoms with Crippen molar-refractivity contribution in [2.75, 3.05) is 0 Å². The van der Waals surface area contributed by atoms with E-state index in [1.807, 2.05) is 6.07 Å². The van der Waals surface area contributed by atoms with Crippen LogP contribution >= 0.6 is 0 Å². The Kier molecular flexibility index (Phi) is 10.6. The Morgan fingerprint density at radius 2 is 1.80 bits per heavy atom. The number of aliphatic carboxylic acids is 1. The average Bonchev–Trinajstić information content (AvgIpc) is 3.61. The summed E-state index contributed by atoms with van der Waals surface area (Å²) >= 11 is 0. The maximum absolute atomic E-state index is 12.8. The molecule has 4 saturated carbocycles. The van der Waals surface area contributed by atoms with E-state index in [-0.39, 0.29) is 59.1 Å². The second-order valence-corrected chi connectivity index (χ2v) is 16.3. The predicted molar refractivity (Wildman–Crippen MR) is 185 cm³/mol. The summed E-state index contributed by atoms with van der Waals surface area (Å²) in [6.07, 6.45) is 16.9. The summed E-state index contributed by atoms with van der Waals surface area (Å²) in [6.45, 7) is 4.69. The Labute approximate surface area is 294 Å². The number of imidazole rings is 1. The van der Waals surface area contributed by atoms with E-state index < -0.39 is 17.6 Å². The molecule has 2 aromatic rings. The predicted octanol–water partition coefficient (Wildman–Crippen LogP) is 5.68. The van der Waals surface area contributed by atoms with Crippen LogP contribution in [0.5, 0.6) is 0 Å². The average molecular weight is 694 g/mol. The number of nitrogens with zero attached hydrogens (tertiary/aromatic N) is 2. The van der Waals surface area contributed by atoms with Gasteiger partial charge in [0.05, 0.1) is 18.2 Å². The number of aliphatic hydroxyl groups is 1. The minimum Gasteiger partial charge on any atom is -0.480 e. The number of aromatic nitrogens is 2. The number of aryl methyl sites for hydroxylation is 1. The molecule has 0 saturated heterocycles. The molecule has 4 aliphatic carbocycles. The SMILES string of the molecule is Cn1cncc1C[C@H](NC(=O)CCCCCCC(=O)O[C@H]1CC[C@@]2(C)[C@H](CC[C@@H]3[C@@H]2CC[C@]2(C)[C@@H](c4ccc(=O)oc4)CC[C@]32O)C1)C(=O)O. The summed E-state index contributed by atoms with van der Waals surface area (Å²) in [5.41, 5.74) is 0.548. The smallest absolute Gasteiger partial charge is 0.335 e. The molecule has 0 aromatic carbocycles. The van der Waals surface area contributed by atoms with Gasteiger partial charge < -0.3 is 29.3 Å². The van der Waals surface area contributed by atoms with Gasteiger partial charge in [-0.2, -0.15) is 0 Å². The Balaban J connectivity index is 0.919. The zero-order valence-electron chi connectivity index (χ0n) is 29.9. The minimum absolute atomic E-state index is 0.0603. The molecule has 2 aromatic heterocycles. The third kappa shape index (κ3) is 7.03. The third-order valence-corrected chi connectivity index (χ3v) is 13.7. The lowest BCUT2D eigenvalue weighted by molar-refractivity contribution is -0.207. The lowest BCUT2D eigenvalue weighted by Crippen LogP contribution is -2.62. The number of hydrogen-bond acceptors (Lipinski definition) is 8. The molecule has 11 heteroatoms. The first-order valence-electron chi connectivity index (χ1n) is 18.8. The monoisotopic (exact) mass is 693 g/mol. The maximum Gasteiger partial charge on any atom is 0.335 e. The molecule has 4 aliphatic rings. The molecular weight excluding hydrogens is 638 g/mol. The molecule has 1 amide bonds. The quantitative estimate of drug-likeness (QED) is 0.177.